The molecule has 0 unspecified atom stereocenters. The van der Waals surface area contributed by atoms with Crippen LogP contribution in [-0.4, -0.2) is 22.5 Å². The number of hydrogen-bond acceptors (Lipinski definition) is 3. The molecule has 0 spiro atoms. The molecule has 4 rings (SSSR count). The fourth-order valence-corrected chi connectivity index (χ4v) is 3.76. The van der Waals surface area contributed by atoms with E-state index in [1.54, 1.807) is 34.7 Å². The number of nitrogens with zero attached hydrogens (tertiary/aromatic N) is 3. The predicted molar refractivity (Wildman–Crippen MR) is 108 cm³/mol. The van der Waals surface area contributed by atoms with E-state index in [4.69, 9.17) is 0 Å². The van der Waals surface area contributed by atoms with E-state index in [-0.39, 0.29) is 11.5 Å². The predicted octanol–water partition coefficient (Wildman–Crippen LogP) is 3.63. The summed E-state index contributed by atoms with van der Waals surface area (Å²) >= 11 is 0. The van der Waals surface area contributed by atoms with Crippen LogP contribution in [0, 0.1) is 13.8 Å². The van der Waals surface area contributed by atoms with Crippen molar-refractivity contribution in [3.63, 3.8) is 0 Å². The van der Waals surface area contributed by atoms with Crippen molar-refractivity contribution in [1.82, 2.24) is 9.55 Å². The molecule has 0 N–H and O–H groups in total. The quantitative estimate of drug-likeness (QED) is 0.700. The van der Waals surface area contributed by atoms with Gasteiger partial charge in [-0.25, -0.2) is 4.98 Å². The lowest BCUT2D eigenvalue weighted by Gasteiger charge is -2.21. The fraction of sp³-hybridized carbons (Fsp3) is 0.318. The molecular formula is C22H23N3O2. The van der Waals surface area contributed by atoms with E-state index in [1.807, 2.05) is 32.0 Å². The first-order valence-electron chi connectivity index (χ1n) is 9.34. The number of hydrogen-bond donors (Lipinski definition) is 0. The van der Waals surface area contributed by atoms with Crippen LogP contribution in [-0.2, 0) is 13.0 Å². The number of carbonyl (C=O) groups excluding carboxylic acids is 1. The zero-order valence-corrected chi connectivity index (χ0v) is 16.0. The lowest BCUT2D eigenvalue weighted by molar-refractivity contribution is 0.0993. The lowest BCUT2D eigenvalue weighted by Crippen LogP contribution is -2.29. The molecule has 138 valence electrons. The van der Waals surface area contributed by atoms with Gasteiger partial charge >= 0.3 is 0 Å². The highest BCUT2D eigenvalue weighted by Gasteiger charge is 2.19. The molecule has 0 bridgehead atoms. The number of aromatic nitrogens is 2. The Bertz CT molecular complexity index is 1110. The monoisotopic (exact) mass is 361 g/mol. The van der Waals surface area contributed by atoms with E-state index < -0.39 is 0 Å². The lowest BCUT2D eigenvalue weighted by atomic mass is 10.1. The number of fused-ring (bicyclic) bond motifs is 2. The molecule has 5 nitrogen and oxygen atoms in total. The summed E-state index contributed by atoms with van der Waals surface area (Å²) in [6.07, 6.45) is 2.87. The summed E-state index contributed by atoms with van der Waals surface area (Å²) in [5.41, 5.74) is 4.18. The van der Waals surface area contributed by atoms with Gasteiger partial charge in [0.25, 0.3) is 11.5 Å². The van der Waals surface area contributed by atoms with E-state index in [9.17, 15) is 9.59 Å². The van der Waals surface area contributed by atoms with Crippen LogP contribution in [0.25, 0.3) is 10.9 Å². The first-order valence-corrected chi connectivity index (χ1v) is 9.34. The van der Waals surface area contributed by atoms with Crippen molar-refractivity contribution in [2.75, 3.05) is 11.9 Å². The third kappa shape index (κ3) is 3.03. The Morgan fingerprint density at radius 1 is 1.11 bits per heavy atom. The third-order valence-corrected chi connectivity index (χ3v) is 5.34. The minimum atomic E-state index is -0.106. The second-order valence-corrected chi connectivity index (χ2v) is 7.33. The van der Waals surface area contributed by atoms with Crippen molar-refractivity contribution in [2.45, 2.75) is 39.7 Å². The number of rotatable bonds is 2. The van der Waals surface area contributed by atoms with Crippen LogP contribution in [0.2, 0.25) is 0 Å². The number of benzene rings is 2. The zero-order valence-electron chi connectivity index (χ0n) is 16.0. The van der Waals surface area contributed by atoms with Gasteiger partial charge in [0.1, 0.15) is 5.82 Å². The standard InChI is InChI=1S/C22H23N3O2/c1-14-7-8-15(2)19(12-14)24(3)21(26)16-9-10-17-18(13-16)23-20-6-4-5-11-25(20)22(17)27/h7-10,12-13H,4-6,11H2,1-3H3. The summed E-state index contributed by atoms with van der Waals surface area (Å²) in [7, 11) is 1.78. The third-order valence-electron chi connectivity index (χ3n) is 5.34. The van der Waals surface area contributed by atoms with Crippen molar-refractivity contribution >= 4 is 22.5 Å². The molecule has 1 aliphatic heterocycles. The average molecular weight is 361 g/mol. The average Bonchev–Trinajstić information content (AvgIpc) is 2.68. The topological polar surface area (TPSA) is 55.2 Å². The molecule has 27 heavy (non-hydrogen) atoms. The van der Waals surface area contributed by atoms with Gasteiger partial charge in [-0.2, -0.15) is 0 Å². The molecule has 3 aromatic rings. The summed E-state index contributed by atoms with van der Waals surface area (Å²) in [4.78, 5) is 32.1. The summed E-state index contributed by atoms with van der Waals surface area (Å²) in [6, 6.07) is 11.3. The molecule has 2 heterocycles. The van der Waals surface area contributed by atoms with Crippen LogP contribution in [0.1, 0.15) is 40.2 Å². The number of anilines is 1. The fourth-order valence-electron chi connectivity index (χ4n) is 3.76. The van der Waals surface area contributed by atoms with Crippen molar-refractivity contribution in [2.24, 2.45) is 0 Å². The van der Waals surface area contributed by atoms with Crippen LogP contribution >= 0.6 is 0 Å². The molecule has 0 radical (unpaired) electrons. The maximum Gasteiger partial charge on any atom is 0.261 e. The van der Waals surface area contributed by atoms with E-state index in [0.717, 1.165) is 48.4 Å². The molecule has 1 aliphatic rings. The van der Waals surface area contributed by atoms with Gasteiger partial charge < -0.3 is 4.90 Å². The van der Waals surface area contributed by atoms with Crippen LogP contribution in [0.3, 0.4) is 0 Å². The van der Waals surface area contributed by atoms with E-state index in [0.29, 0.717) is 16.5 Å². The molecular weight excluding hydrogens is 338 g/mol. The van der Waals surface area contributed by atoms with E-state index in [2.05, 4.69) is 4.98 Å². The van der Waals surface area contributed by atoms with E-state index >= 15 is 0 Å². The number of aryl methyl sites for hydroxylation is 3. The summed E-state index contributed by atoms with van der Waals surface area (Å²) in [5.74, 6) is 0.719. The van der Waals surface area contributed by atoms with Crippen LogP contribution < -0.4 is 10.5 Å². The number of carbonyl (C=O) groups is 1. The molecule has 5 heteroatoms. The van der Waals surface area contributed by atoms with Crippen LogP contribution in [0.5, 0.6) is 0 Å². The Kier molecular flexibility index (Phi) is 4.30. The molecule has 1 amide bonds. The SMILES string of the molecule is Cc1ccc(C)c(N(C)C(=O)c2ccc3c(=O)n4c(nc3c2)CCCC4)c1. The van der Waals surface area contributed by atoms with E-state index in [1.165, 1.54) is 0 Å². The summed E-state index contributed by atoms with van der Waals surface area (Å²) in [5, 5.41) is 0.576. The summed E-state index contributed by atoms with van der Waals surface area (Å²) in [6.45, 7) is 4.73. The maximum atomic E-state index is 13.0. The zero-order chi connectivity index (χ0) is 19.1. The minimum Gasteiger partial charge on any atom is -0.311 e. The van der Waals surface area contributed by atoms with Gasteiger partial charge in [-0.1, -0.05) is 12.1 Å². The first-order chi connectivity index (χ1) is 13.0. The van der Waals surface area contributed by atoms with Crippen molar-refractivity contribution in [1.29, 1.82) is 0 Å². The largest absolute Gasteiger partial charge is 0.311 e. The highest BCUT2D eigenvalue weighted by Crippen LogP contribution is 2.23. The van der Waals surface area contributed by atoms with Crippen molar-refractivity contribution in [3.05, 3.63) is 69.3 Å². The molecule has 0 saturated carbocycles. The molecule has 1 aromatic heterocycles. The van der Waals surface area contributed by atoms with Gasteiger partial charge in [0.2, 0.25) is 0 Å². The second kappa shape index (κ2) is 6.65. The van der Waals surface area contributed by atoms with Crippen molar-refractivity contribution < 1.29 is 4.79 Å². The Labute approximate surface area is 158 Å². The maximum absolute atomic E-state index is 13.0. The van der Waals surface area contributed by atoms with Gasteiger partial charge in [-0.05, 0) is 62.1 Å². The molecule has 2 aromatic carbocycles. The van der Waals surface area contributed by atoms with Gasteiger partial charge in [0.05, 0.1) is 10.9 Å². The Balaban J connectivity index is 1.76. The molecule has 0 saturated heterocycles. The van der Waals surface area contributed by atoms with Gasteiger partial charge in [0, 0.05) is 31.3 Å². The minimum absolute atomic E-state index is 0.00316. The molecule has 0 aliphatic carbocycles. The second-order valence-electron chi connectivity index (χ2n) is 7.33. The van der Waals surface area contributed by atoms with Gasteiger partial charge in [0.15, 0.2) is 0 Å². The van der Waals surface area contributed by atoms with Gasteiger partial charge in [-0.3, -0.25) is 14.2 Å². The van der Waals surface area contributed by atoms with Crippen LogP contribution in [0.15, 0.2) is 41.2 Å². The Morgan fingerprint density at radius 2 is 1.93 bits per heavy atom. The van der Waals surface area contributed by atoms with Crippen molar-refractivity contribution in [3.8, 4) is 0 Å². The molecule has 0 atom stereocenters. The Morgan fingerprint density at radius 3 is 2.74 bits per heavy atom. The Hall–Kier alpha value is -2.95. The highest BCUT2D eigenvalue weighted by molar-refractivity contribution is 6.07. The number of amides is 1. The normalized spacial score (nSPS) is 13.4. The smallest absolute Gasteiger partial charge is 0.261 e. The van der Waals surface area contributed by atoms with Crippen LogP contribution in [0.4, 0.5) is 5.69 Å². The first kappa shape index (κ1) is 17.5. The molecule has 0 fully saturated rings. The highest BCUT2D eigenvalue weighted by atomic mass is 16.2. The van der Waals surface area contributed by atoms with Gasteiger partial charge in [-0.15, -0.1) is 0 Å². The summed E-state index contributed by atoms with van der Waals surface area (Å²) < 4.78 is 1.77.